The highest BCUT2D eigenvalue weighted by molar-refractivity contribution is 5.93. The third kappa shape index (κ3) is 5.09. The molecule has 0 bridgehead atoms. The summed E-state index contributed by atoms with van der Waals surface area (Å²) >= 11 is 0. The second kappa shape index (κ2) is 8.89. The van der Waals surface area contributed by atoms with Gasteiger partial charge in [-0.05, 0) is 30.5 Å². The number of nitrogen functional groups attached to an aromatic ring is 1. The van der Waals surface area contributed by atoms with Crippen LogP contribution in [0.4, 0.5) is 11.4 Å². The molecule has 3 N–H and O–H groups in total. The number of ether oxygens (including phenoxy) is 1. The normalized spacial score (nSPS) is 16.5. The average molecular weight is 327 g/mol. The first-order chi connectivity index (χ1) is 10.1. The van der Waals surface area contributed by atoms with Crippen molar-refractivity contribution < 1.29 is 9.53 Å². The molecule has 0 saturated heterocycles. The Bertz CT molecular complexity index is 488. The van der Waals surface area contributed by atoms with Crippen LogP contribution in [0.15, 0.2) is 18.2 Å². The first-order valence-corrected chi connectivity index (χ1v) is 7.84. The van der Waals surface area contributed by atoms with E-state index in [1.165, 1.54) is 32.1 Å². The number of hydrogen-bond donors (Lipinski definition) is 2. The van der Waals surface area contributed by atoms with Gasteiger partial charge in [0.25, 0.3) is 0 Å². The van der Waals surface area contributed by atoms with Crippen LogP contribution < -0.4 is 15.8 Å². The minimum atomic E-state index is 0. The van der Waals surface area contributed by atoms with Crippen molar-refractivity contribution in [2.24, 2.45) is 11.8 Å². The van der Waals surface area contributed by atoms with Crippen LogP contribution in [0.5, 0.6) is 5.75 Å². The van der Waals surface area contributed by atoms with E-state index in [0.717, 1.165) is 12.1 Å². The number of hydrogen-bond acceptors (Lipinski definition) is 3. The number of amides is 1. The summed E-state index contributed by atoms with van der Waals surface area (Å²) in [7, 11) is 1.58. The molecule has 0 aromatic heterocycles. The molecule has 1 aromatic carbocycles. The molecule has 1 saturated carbocycles. The van der Waals surface area contributed by atoms with Gasteiger partial charge in [0.05, 0.1) is 12.8 Å². The molecule has 22 heavy (non-hydrogen) atoms. The number of rotatable bonds is 5. The Balaban J connectivity index is 0.00000242. The maximum atomic E-state index is 12.3. The van der Waals surface area contributed by atoms with Gasteiger partial charge in [-0.15, -0.1) is 12.4 Å². The molecule has 0 radical (unpaired) electrons. The van der Waals surface area contributed by atoms with E-state index in [9.17, 15) is 4.79 Å². The Morgan fingerprint density at radius 2 is 2.05 bits per heavy atom. The van der Waals surface area contributed by atoms with E-state index < -0.39 is 0 Å². The van der Waals surface area contributed by atoms with Crippen molar-refractivity contribution in [3.8, 4) is 5.75 Å². The fourth-order valence-electron chi connectivity index (χ4n) is 3.11. The van der Waals surface area contributed by atoms with Gasteiger partial charge in [-0.2, -0.15) is 0 Å². The van der Waals surface area contributed by atoms with Crippen LogP contribution in [0, 0.1) is 11.8 Å². The number of halogens is 1. The van der Waals surface area contributed by atoms with E-state index >= 15 is 0 Å². The van der Waals surface area contributed by atoms with Gasteiger partial charge >= 0.3 is 0 Å². The summed E-state index contributed by atoms with van der Waals surface area (Å²) < 4.78 is 5.12. The van der Waals surface area contributed by atoms with E-state index in [2.05, 4.69) is 5.32 Å². The maximum Gasteiger partial charge on any atom is 0.227 e. The molecule has 0 heterocycles. The number of nitrogens with two attached hydrogens (primary N) is 1. The fraction of sp³-hybridized carbons (Fsp3) is 0.588. The van der Waals surface area contributed by atoms with Crippen LogP contribution in [-0.2, 0) is 4.79 Å². The molecule has 0 spiro atoms. The monoisotopic (exact) mass is 326 g/mol. The minimum absolute atomic E-state index is 0. The third-order valence-corrected chi connectivity index (χ3v) is 4.36. The van der Waals surface area contributed by atoms with Crippen molar-refractivity contribution in [1.29, 1.82) is 0 Å². The van der Waals surface area contributed by atoms with Crippen LogP contribution in [0.2, 0.25) is 0 Å². The molecule has 1 amide bonds. The molecule has 1 aromatic rings. The predicted molar refractivity (Wildman–Crippen MR) is 93.6 cm³/mol. The summed E-state index contributed by atoms with van der Waals surface area (Å²) in [4.78, 5) is 12.3. The lowest BCUT2D eigenvalue weighted by atomic mass is 9.83. The van der Waals surface area contributed by atoms with Crippen molar-refractivity contribution in [2.75, 3.05) is 18.2 Å². The number of anilines is 2. The zero-order valence-corrected chi connectivity index (χ0v) is 14.2. The highest BCUT2D eigenvalue weighted by Crippen LogP contribution is 2.30. The van der Waals surface area contributed by atoms with Crippen LogP contribution >= 0.6 is 12.4 Å². The molecular formula is C17H27ClN2O2. The van der Waals surface area contributed by atoms with Crippen LogP contribution in [0.1, 0.15) is 45.4 Å². The third-order valence-electron chi connectivity index (χ3n) is 4.36. The van der Waals surface area contributed by atoms with E-state index in [1.807, 2.05) is 13.0 Å². The van der Waals surface area contributed by atoms with Crippen LogP contribution in [0.3, 0.4) is 0 Å². The van der Waals surface area contributed by atoms with Gasteiger partial charge in [0.2, 0.25) is 5.91 Å². The lowest BCUT2D eigenvalue weighted by Gasteiger charge is -2.24. The minimum Gasteiger partial charge on any atom is -0.495 e. The second-order valence-corrected chi connectivity index (χ2v) is 6.09. The van der Waals surface area contributed by atoms with E-state index in [0.29, 0.717) is 17.4 Å². The first-order valence-electron chi connectivity index (χ1n) is 7.84. The molecule has 2 rings (SSSR count). The number of nitrogens with one attached hydrogen (secondary N) is 1. The molecule has 5 heteroatoms. The highest BCUT2D eigenvalue weighted by atomic mass is 35.5. The molecule has 1 aliphatic rings. The second-order valence-electron chi connectivity index (χ2n) is 6.09. The summed E-state index contributed by atoms with van der Waals surface area (Å²) in [5.41, 5.74) is 7.12. The summed E-state index contributed by atoms with van der Waals surface area (Å²) in [5.74, 6) is 1.45. The van der Waals surface area contributed by atoms with E-state index in [4.69, 9.17) is 10.5 Å². The zero-order valence-electron chi connectivity index (χ0n) is 13.4. The largest absolute Gasteiger partial charge is 0.495 e. The van der Waals surface area contributed by atoms with Gasteiger partial charge < -0.3 is 15.8 Å². The molecule has 124 valence electrons. The lowest BCUT2D eigenvalue weighted by Crippen LogP contribution is -2.23. The van der Waals surface area contributed by atoms with Gasteiger partial charge in [-0.1, -0.05) is 39.0 Å². The van der Waals surface area contributed by atoms with Crippen molar-refractivity contribution >= 4 is 29.7 Å². The van der Waals surface area contributed by atoms with Gasteiger partial charge in [0, 0.05) is 11.6 Å². The van der Waals surface area contributed by atoms with Crippen molar-refractivity contribution in [2.45, 2.75) is 45.4 Å². The Hall–Kier alpha value is -1.42. The Labute approximate surface area is 139 Å². The molecule has 4 nitrogen and oxygen atoms in total. The van der Waals surface area contributed by atoms with E-state index in [1.54, 1.807) is 19.2 Å². The summed E-state index contributed by atoms with van der Waals surface area (Å²) in [6.07, 6.45) is 7.50. The van der Waals surface area contributed by atoms with Crippen molar-refractivity contribution in [3.63, 3.8) is 0 Å². The maximum absolute atomic E-state index is 12.3. The Morgan fingerprint density at radius 1 is 1.36 bits per heavy atom. The highest BCUT2D eigenvalue weighted by Gasteiger charge is 2.21. The summed E-state index contributed by atoms with van der Waals surface area (Å²) in [6.45, 7) is 2.01. The molecule has 1 atom stereocenters. The molecule has 1 unspecified atom stereocenters. The first kappa shape index (κ1) is 18.6. The van der Waals surface area contributed by atoms with Gasteiger partial charge in [-0.25, -0.2) is 0 Å². The molecule has 0 aliphatic heterocycles. The average Bonchev–Trinajstić information content (AvgIpc) is 2.48. The van der Waals surface area contributed by atoms with Crippen LogP contribution in [-0.4, -0.2) is 13.0 Å². The van der Waals surface area contributed by atoms with Crippen LogP contribution in [0.25, 0.3) is 0 Å². The SMILES string of the molecule is COc1ccc(NC(=O)C(C)CC2CCCCC2)cc1N.Cl. The van der Waals surface area contributed by atoms with Gasteiger partial charge in [-0.3, -0.25) is 4.79 Å². The topological polar surface area (TPSA) is 64.3 Å². The zero-order chi connectivity index (χ0) is 15.2. The molecule has 1 fully saturated rings. The van der Waals surface area contributed by atoms with E-state index in [-0.39, 0.29) is 24.2 Å². The number of carbonyl (C=O) groups is 1. The molecule has 1 aliphatic carbocycles. The standard InChI is InChI=1S/C17H26N2O2.ClH/c1-12(10-13-6-4-3-5-7-13)17(20)19-14-8-9-16(21-2)15(18)11-14;/h8-9,11-13H,3-7,10,18H2,1-2H3,(H,19,20);1H. The number of carbonyl (C=O) groups excluding carboxylic acids is 1. The van der Waals surface area contributed by atoms with Gasteiger partial charge in [0.1, 0.15) is 5.75 Å². The Morgan fingerprint density at radius 3 is 2.64 bits per heavy atom. The summed E-state index contributed by atoms with van der Waals surface area (Å²) in [6, 6.07) is 5.33. The quantitative estimate of drug-likeness (QED) is 0.795. The van der Waals surface area contributed by atoms with Crippen molar-refractivity contribution in [1.82, 2.24) is 0 Å². The smallest absolute Gasteiger partial charge is 0.227 e. The summed E-state index contributed by atoms with van der Waals surface area (Å²) in [5, 5.41) is 2.95. The fourth-order valence-corrected chi connectivity index (χ4v) is 3.11. The molecular weight excluding hydrogens is 300 g/mol. The predicted octanol–water partition coefficient (Wildman–Crippen LogP) is 4.24. The number of methoxy groups -OCH3 is 1. The van der Waals surface area contributed by atoms with Crippen molar-refractivity contribution in [3.05, 3.63) is 18.2 Å². The van der Waals surface area contributed by atoms with Gasteiger partial charge in [0.15, 0.2) is 0 Å². The lowest BCUT2D eigenvalue weighted by molar-refractivity contribution is -0.120. The number of benzene rings is 1. The Kier molecular flexibility index (Phi) is 7.52.